The molecule has 2 amide bonds. The average molecular weight is 426 g/mol. The maximum Gasteiger partial charge on any atom is 0.318 e. The molecule has 1 aromatic carbocycles. The highest BCUT2D eigenvalue weighted by Gasteiger charge is 2.42. The van der Waals surface area contributed by atoms with Crippen LogP contribution in [-0.2, 0) is 16.8 Å². The van der Waals surface area contributed by atoms with Crippen LogP contribution >= 0.6 is 0 Å². The van der Waals surface area contributed by atoms with E-state index in [1.165, 1.54) is 0 Å². The summed E-state index contributed by atoms with van der Waals surface area (Å²) in [6, 6.07) is 9.61. The van der Waals surface area contributed by atoms with E-state index in [1.54, 1.807) is 4.90 Å². The van der Waals surface area contributed by atoms with Crippen LogP contribution in [0.3, 0.4) is 0 Å². The second-order valence-electron chi connectivity index (χ2n) is 8.66. The van der Waals surface area contributed by atoms with Crippen molar-refractivity contribution in [2.75, 3.05) is 25.1 Å². The number of hydrogen-bond acceptors (Lipinski definition) is 6. The van der Waals surface area contributed by atoms with Gasteiger partial charge >= 0.3 is 6.03 Å². The molecule has 2 aromatic rings. The Kier molecular flexibility index (Phi) is 6.38. The van der Waals surface area contributed by atoms with Crippen molar-refractivity contribution >= 4 is 12.0 Å². The molecule has 31 heavy (non-hydrogen) atoms. The van der Waals surface area contributed by atoms with E-state index in [0.717, 1.165) is 42.9 Å². The van der Waals surface area contributed by atoms with Gasteiger partial charge in [-0.3, -0.25) is 0 Å². The third-order valence-corrected chi connectivity index (χ3v) is 6.23. The number of aliphatic hydroxyl groups is 1. The van der Waals surface area contributed by atoms with E-state index >= 15 is 0 Å². The molecule has 1 aromatic heterocycles. The number of anilines is 1. The molecule has 0 aliphatic carbocycles. The van der Waals surface area contributed by atoms with Crippen LogP contribution in [0.2, 0.25) is 0 Å². The van der Waals surface area contributed by atoms with Crippen molar-refractivity contribution in [3.63, 3.8) is 0 Å². The third kappa shape index (κ3) is 4.65. The predicted molar refractivity (Wildman–Crippen MR) is 117 cm³/mol. The highest BCUT2D eigenvalue weighted by Crippen LogP contribution is 2.38. The Balaban J connectivity index is 1.48. The first-order chi connectivity index (χ1) is 15.0. The normalized spacial score (nSPS) is 19.0. The fourth-order valence-corrected chi connectivity index (χ4v) is 4.32. The second kappa shape index (κ2) is 9.20. The number of aromatic nitrogens is 2. The molecule has 2 aliphatic rings. The van der Waals surface area contributed by atoms with E-state index in [9.17, 15) is 9.90 Å². The minimum absolute atomic E-state index is 0.00380. The van der Waals surface area contributed by atoms with Crippen LogP contribution in [0.25, 0.3) is 0 Å². The second-order valence-corrected chi connectivity index (χ2v) is 8.66. The molecular formula is C23H31N5O3. The summed E-state index contributed by atoms with van der Waals surface area (Å²) in [6.45, 7) is 5.93. The number of fused-ring (bicyclic) bond motifs is 1. The smallest absolute Gasteiger partial charge is 0.318 e. The van der Waals surface area contributed by atoms with Gasteiger partial charge < -0.3 is 25.4 Å². The van der Waals surface area contributed by atoms with Gasteiger partial charge in [-0.25, -0.2) is 14.8 Å². The Hall–Kier alpha value is -2.71. The first-order valence-electron chi connectivity index (χ1n) is 10.9. The molecule has 1 atom stereocenters. The number of carbonyl (C=O) groups excluding carboxylic acids is 1. The van der Waals surface area contributed by atoms with Gasteiger partial charge in [0.25, 0.3) is 0 Å². The number of ether oxygens (including phenoxy) is 1. The number of aliphatic hydroxyl groups excluding tert-OH is 1. The lowest BCUT2D eigenvalue weighted by Crippen LogP contribution is -2.47. The van der Waals surface area contributed by atoms with Crippen LogP contribution < -0.4 is 10.6 Å². The Morgan fingerprint density at radius 2 is 2.03 bits per heavy atom. The fraction of sp³-hybridized carbons (Fsp3) is 0.522. The number of nitrogens with zero attached hydrogens (tertiary/aromatic N) is 3. The molecule has 0 radical (unpaired) electrons. The highest BCUT2D eigenvalue weighted by atomic mass is 16.5. The van der Waals surface area contributed by atoms with Crippen LogP contribution in [0.15, 0.2) is 36.5 Å². The Labute approximate surface area is 183 Å². The minimum Gasteiger partial charge on any atom is -0.396 e. The topological polar surface area (TPSA) is 99.6 Å². The minimum atomic E-state index is -0.531. The van der Waals surface area contributed by atoms with Crippen LogP contribution in [-0.4, -0.2) is 51.9 Å². The molecule has 0 bridgehead atoms. The highest BCUT2D eigenvalue weighted by molar-refractivity contribution is 5.77. The van der Waals surface area contributed by atoms with Gasteiger partial charge in [-0.15, -0.1) is 0 Å². The SMILES string of the molecule is CC1(C)c2cnc(NC3CCOCC3)nc2CN1C(=O)N[C@H](CCO)c1ccccc1. The van der Waals surface area contributed by atoms with E-state index in [1.807, 2.05) is 50.4 Å². The summed E-state index contributed by atoms with van der Waals surface area (Å²) in [5, 5.41) is 16.0. The first-order valence-corrected chi connectivity index (χ1v) is 10.9. The molecule has 0 unspecified atom stereocenters. The molecule has 8 nitrogen and oxygen atoms in total. The Morgan fingerprint density at radius 3 is 2.74 bits per heavy atom. The van der Waals surface area contributed by atoms with Gasteiger partial charge in [0.05, 0.1) is 23.8 Å². The van der Waals surface area contributed by atoms with Crippen molar-refractivity contribution in [3.05, 3.63) is 53.3 Å². The standard InChI is InChI=1S/C23H31N5O3/c1-23(2)18-14-24-21(25-17-9-12-31-13-10-17)26-20(18)15-28(23)22(30)27-19(8-11-29)16-6-4-3-5-7-16/h3-7,14,17,19,29H,8-13,15H2,1-2H3,(H,27,30)(H,24,25,26)/t19-/m1/s1. The van der Waals surface area contributed by atoms with E-state index in [-0.39, 0.29) is 18.7 Å². The van der Waals surface area contributed by atoms with Crippen molar-refractivity contribution in [2.45, 2.75) is 57.3 Å². The molecule has 3 N–H and O–H groups in total. The first kappa shape index (κ1) is 21.5. The lowest BCUT2D eigenvalue weighted by atomic mass is 9.97. The van der Waals surface area contributed by atoms with Gasteiger partial charge in [0.1, 0.15) is 0 Å². The Bertz CT molecular complexity index is 899. The van der Waals surface area contributed by atoms with Gasteiger partial charge in [-0.1, -0.05) is 30.3 Å². The van der Waals surface area contributed by atoms with Crippen LogP contribution in [0, 0.1) is 0 Å². The van der Waals surface area contributed by atoms with Crippen molar-refractivity contribution in [2.24, 2.45) is 0 Å². The van der Waals surface area contributed by atoms with Crippen molar-refractivity contribution in [1.82, 2.24) is 20.2 Å². The molecule has 3 heterocycles. The van der Waals surface area contributed by atoms with Gasteiger partial charge in [0.15, 0.2) is 0 Å². The van der Waals surface area contributed by atoms with Gasteiger partial charge in [-0.2, -0.15) is 0 Å². The Morgan fingerprint density at radius 1 is 1.29 bits per heavy atom. The van der Waals surface area contributed by atoms with E-state index in [4.69, 9.17) is 9.72 Å². The van der Waals surface area contributed by atoms with Crippen molar-refractivity contribution in [1.29, 1.82) is 0 Å². The van der Waals surface area contributed by atoms with Crippen LogP contribution in [0.5, 0.6) is 0 Å². The number of urea groups is 1. The third-order valence-electron chi connectivity index (χ3n) is 6.23. The molecule has 0 saturated carbocycles. The zero-order valence-corrected chi connectivity index (χ0v) is 18.2. The number of benzene rings is 1. The monoisotopic (exact) mass is 425 g/mol. The zero-order valence-electron chi connectivity index (χ0n) is 18.2. The average Bonchev–Trinajstić information content (AvgIpc) is 3.05. The quantitative estimate of drug-likeness (QED) is 0.658. The van der Waals surface area contributed by atoms with Crippen LogP contribution in [0.4, 0.5) is 10.7 Å². The maximum absolute atomic E-state index is 13.2. The molecule has 0 spiro atoms. The summed E-state index contributed by atoms with van der Waals surface area (Å²) in [7, 11) is 0. The molecule has 2 aliphatic heterocycles. The summed E-state index contributed by atoms with van der Waals surface area (Å²) in [6.07, 6.45) is 4.16. The van der Waals surface area contributed by atoms with E-state index in [2.05, 4.69) is 15.6 Å². The summed E-state index contributed by atoms with van der Waals surface area (Å²) >= 11 is 0. The molecule has 1 saturated heterocycles. The van der Waals surface area contributed by atoms with Gasteiger partial charge in [0, 0.05) is 37.6 Å². The largest absolute Gasteiger partial charge is 0.396 e. The predicted octanol–water partition coefficient (Wildman–Crippen LogP) is 2.95. The molecule has 8 heteroatoms. The number of carbonyl (C=O) groups is 1. The molecule has 1 fully saturated rings. The molecular weight excluding hydrogens is 394 g/mol. The lowest BCUT2D eigenvalue weighted by molar-refractivity contribution is 0.0903. The van der Waals surface area contributed by atoms with Gasteiger partial charge in [-0.05, 0) is 38.7 Å². The van der Waals surface area contributed by atoms with E-state index < -0.39 is 5.54 Å². The number of amides is 2. The van der Waals surface area contributed by atoms with Crippen LogP contribution in [0.1, 0.15) is 56.0 Å². The van der Waals surface area contributed by atoms with Crippen molar-refractivity contribution in [3.8, 4) is 0 Å². The lowest BCUT2D eigenvalue weighted by Gasteiger charge is -2.33. The number of nitrogens with one attached hydrogen (secondary N) is 2. The molecule has 166 valence electrons. The summed E-state index contributed by atoms with van der Waals surface area (Å²) in [5.74, 6) is 0.603. The van der Waals surface area contributed by atoms with E-state index in [0.29, 0.717) is 25.0 Å². The molecule has 4 rings (SSSR count). The maximum atomic E-state index is 13.2. The van der Waals surface area contributed by atoms with Gasteiger partial charge in [0.2, 0.25) is 5.95 Å². The number of rotatable bonds is 6. The zero-order chi connectivity index (χ0) is 21.8. The fourth-order valence-electron chi connectivity index (χ4n) is 4.32. The summed E-state index contributed by atoms with van der Waals surface area (Å²) in [4.78, 5) is 24.3. The summed E-state index contributed by atoms with van der Waals surface area (Å²) < 4.78 is 5.41. The van der Waals surface area contributed by atoms with Crippen molar-refractivity contribution < 1.29 is 14.6 Å². The number of hydrogen-bond donors (Lipinski definition) is 3. The summed E-state index contributed by atoms with van der Waals surface area (Å²) in [5.41, 5.74) is 2.26.